The molecule has 138 valence electrons. The third kappa shape index (κ3) is 3.28. The third-order valence-corrected chi connectivity index (χ3v) is 6.15. The minimum absolute atomic E-state index is 0.0524. The maximum Gasteiger partial charge on any atom is 0.308 e. The molecule has 0 radical (unpaired) electrons. The molecule has 2 aliphatic rings. The fraction of sp³-hybridized carbons (Fsp3) is 0.524. The molecule has 5 heteroatoms. The van der Waals surface area contributed by atoms with Gasteiger partial charge in [0.05, 0.1) is 17.9 Å². The molecule has 2 fully saturated rings. The number of hydrogen-bond acceptors (Lipinski definition) is 3. The topological polar surface area (TPSA) is 58.4 Å². The average molecular weight is 353 g/mol. The molecule has 0 amide bonds. The highest BCUT2D eigenvalue weighted by molar-refractivity contribution is 5.72. The van der Waals surface area contributed by atoms with Crippen molar-refractivity contribution in [3.8, 4) is 0 Å². The van der Waals surface area contributed by atoms with Gasteiger partial charge in [-0.05, 0) is 30.9 Å². The molecule has 5 nitrogen and oxygen atoms in total. The molecule has 1 N–H and O–H groups in total. The second-order valence-corrected chi connectivity index (χ2v) is 7.83. The lowest BCUT2D eigenvalue weighted by Gasteiger charge is -2.20. The number of nitrogens with zero attached hydrogens (tertiary/aromatic N) is 3. The molecule has 1 aromatic heterocycles. The number of imidazole rings is 1. The molecule has 2 atom stereocenters. The smallest absolute Gasteiger partial charge is 0.308 e. The second-order valence-electron chi connectivity index (χ2n) is 7.83. The predicted octanol–water partition coefficient (Wildman–Crippen LogP) is 3.61. The van der Waals surface area contributed by atoms with Gasteiger partial charge in [-0.25, -0.2) is 4.98 Å². The lowest BCUT2D eigenvalue weighted by atomic mass is 9.86. The Kier molecular flexibility index (Phi) is 4.81. The highest BCUT2D eigenvalue weighted by Crippen LogP contribution is 2.36. The number of carboxylic acid groups (broad SMARTS) is 1. The van der Waals surface area contributed by atoms with Crippen molar-refractivity contribution < 1.29 is 9.90 Å². The van der Waals surface area contributed by atoms with Crippen LogP contribution in [0, 0.1) is 12.8 Å². The number of likely N-dealkylation sites (tertiary alicyclic amines) is 1. The molecule has 1 saturated heterocycles. The molecule has 1 aliphatic carbocycles. The number of carbonyl (C=O) groups is 1. The number of carboxylic acids is 1. The predicted molar refractivity (Wildman–Crippen MR) is 100 cm³/mol. The van der Waals surface area contributed by atoms with Crippen LogP contribution in [0.25, 0.3) is 0 Å². The van der Waals surface area contributed by atoms with Crippen LogP contribution < -0.4 is 0 Å². The zero-order valence-electron chi connectivity index (χ0n) is 15.3. The van der Waals surface area contributed by atoms with E-state index >= 15 is 0 Å². The summed E-state index contributed by atoms with van der Waals surface area (Å²) in [6.45, 7) is 4.25. The Morgan fingerprint density at radius 3 is 2.73 bits per heavy atom. The minimum Gasteiger partial charge on any atom is -0.481 e. The maximum absolute atomic E-state index is 11.9. The van der Waals surface area contributed by atoms with Gasteiger partial charge in [-0.15, -0.1) is 0 Å². The van der Waals surface area contributed by atoms with E-state index in [2.05, 4.69) is 33.5 Å². The van der Waals surface area contributed by atoms with Crippen LogP contribution in [-0.2, 0) is 11.3 Å². The molecular formula is C21H27N3O2. The lowest BCUT2D eigenvalue weighted by Crippen LogP contribution is -2.24. The number of rotatable bonds is 5. The summed E-state index contributed by atoms with van der Waals surface area (Å²) >= 11 is 0. The van der Waals surface area contributed by atoms with Gasteiger partial charge in [-0.1, -0.05) is 37.1 Å². The van der Waals surface area contributed by atoms with Gasteiger partial charge in [0, 0.05) is 37.8 Å². The van der Waals surface area contributed by atoms with Gasteiger partial charge in [0.15, 0.2) is 0 Å². The van der Waals surface area contributed by atoms with Crippen LogP contribution in [0.4, 0.5) is 0 Å². The van der Waals surface area contributed by atoms with E-state index in [0.29, 0.717) is 12.6 Å². The van der Waals surface area contributed by atoms with E-state index < -0.39 is 5.97 Å². The first-order valence-corrected chi connectivity index (χ1v) is 9.65. The molecule has 0 spiro atoms. The van der Waals surface area contributed by atoms with Gasteiger partial charge in [0.25, 0.3) is 0 Å². The molecule has 1 saturated carbocycles. The van der Waals surface area contributed by atoms with Crippen LogP contribution in [0.5, 0.6) is 0 Å². The minimum atomic E-state index is -0.690. The first kappa shape index (κ1) is 17.3. The van der Waals surface area contributed by atoms with E-state index in [-0.39, 0.29) is 11.8 Å². The number of aryl methyl sites for hydroxylation is 1. The van der Waals surface area contributed by atoms with Crippen molar-refractivity contribution in [2.24, 2.45) is 5.92 Å². The second kappa shape index (κ2) is 7.23. The van der Waals surface area contributed by atoms with E-state index in [1.54, 1.807) is 0 Å². The SMILES string of the molecule is Cc1ccccc1[C@@H]1CN(Cc2cncn2C2CCCC2)C[C@H]1C(=O)O. The zero-order valence-corrected chi connectivity index (χ0v) is 15.3. The Balaban J connectivity index is 1.53. The summed E-state index contributed by atoms with van der Waals surface area (Å²) in [6.07, 6.45) is 8.95. The van der Waals surface area contributed by atoms with Crippen LogP contribution in [0.1, 0.15) is 54.5 Å². The van der Waals surface area contributed by atoms with Crippen molar-refractivity contribution in [1.82, 2.24) is 14.5 Å². The molecule has 0 bridgehead atoms. The Morgan fingerprint density at radius 2 is 2.00 bits per heavy atom. The van der Waals surface area contributed by atoms with Crippen LogP contribution in [0.3, 0.4) is 0 Å². The number of aliphatic carboxylic acids is 1. The standard InChI is InChI=1S/C21H27N3O2/c1-15-6-2-5-9-18(15)19-12-23(13-20(19)21(25)26)11-17-10-22-14-24(17)16-7-3-4-8-16/h2,5-6,9-10,14,16,19-20H,3-4,7-8,11-13H2,1H3,(H,25,26)/t19-,20+/m0/s1. The van der Waals surface area contributed by atoms with Crippen molar-refractivity contribution in [3.63, 3.8) is 0 Å². The number of aromatic nitrogens is 2. The normalized spacial score (nSPS) is 24.3. The largest absolute Gasteiger partial charge is 0.481 e. The zero-order chi connectivity index (χ0) is 18.1. The highest BCUT2D eigenvalue weighted by atomic mass is 16.4. The molecule has 2 heterocycles. The molecular weight excluding hydrogens is 326 g/mol. The third-order valence-electron chi connectivity index (χ3n) is 6.15. The van der Waals surface area contributed by atoms with E-state index in [9.17, 15) is 9.90 Å². The van der Waals surface area contributed by atoms with Crippen LogP contribution in [-0.4, -0.2) is 38.6 Å². The van der Waals surface area contributed by atoms with Crippen molar-refractivity contribution in [3.05, 3.63) is 53.6 Å². The lowest BCUT2D eigenvalue weighted by molar-refractivity contribution is -0.141. The molecule has 1 aromatic carbocycles. The summed E-state index contributed by atoms with van der Waals surface area (Å²) < 4.78 is 2.32. The summed E-state index contributed by atoms with van der Waals surface area (Å²) in [6, 6.07) is 8.76. The first-order valence-electron chi connectivity index (χ1n) is 9.65. The summed E-state index contributed by atoms with van der Waals surface area (Å²) in [5.41, 5.74) is 3.57. The number of benzene rings is 1. The first-order chi connectivity index (χ1) is 12.6. The Morgan fingerprint density at radius 1 is 1.23 bits per heavy atom. The van der Waals surface area contributed by atoms with Gasteiger partial charge < -0.3 is 9.67 Å². The van der Waals surface area contributed by atoms with E-state index in [1.165, 1.54) is 42.5 Å². The highest BCUT2D eigenvalue weighted by Gasteiger charge is 2.39. The van der Waals surface area contributed by atoms with E-state index in [1.807, 2.05) is 24.7 Å². The summed E-state index contributed by atoms with van der Waals surface area (Å²) in [7, 11) is 0. The summed E-state index contributed by atoms with van der Waals surface area (Å²) in [5, 5.41) is 9.76. The fourth-order valence-corrected chi connectivity index (χ4v) is 4.78. The molecule has 4 rings (SSSR count). The van der Waals surface area contributed by atoms with Gasteiger partial charge >= 0.3 is 5.97 Å². The van der Waals surface area contributed by atoms with Crippen molar-refractivity contribution >= 4 is 5.97 Å². The monoisotopic (exact) mass is 353 g/mol. The van der Waals surface area contributed by atoms with Crippen LogP contribution >= 0.6 is 0 Å². The molecule has 2 aromatic rings. The Labute approximate surface area is 154 Å². The van der Waals surface area contributed by atoms with Crippen molar-refractivity contribution in [1.29, 1.82) is 0 Å². The van der Waals surface area contributed by atoms with Gasteiger partial charge in [0.1, 0.15) is 0 Å². The molecule has 1 aliphatic heterocycles. The summed E-state index contributed by atoms with van der Waals surface area (Å²) in [5.74, 6) is -0.986. The van der Waals surface area contributed by atoms with Crippen molar-refractivity contribution in [2.45, 2.75) is 51.1 Å². The maximum atomic E-state index is 11.9. The quantitative estimate of drug-likeness (QED) is 0.892. The van der Waals surface area contributed by atoms with Gasteiger partial charge in [-0.2, -0.15) is 0 Å². The van der Waals surface area contributed by atoms with Crippen LogP contribution in [0.2, 0.25) is 0 Å². The van der Waals surface area contributed by atoms with Crippen LogP contribution in [0.15, 0.2) is 36.8 Å². The van der Waals surface area contributed by atoms with E-state index in [4.69, 9.17) is 0 Å². The molecule has 0 unspecified atom stereocenters. The van der Waals surface area contributed by atoms with Crippen molar-refractivity contribution in [2.75, 3.05) is 13.1 Å². The van der Waals surface area contributed by atoms with Gasteiger partial charge in [0.2, 0.25) is 0 Å². The number of hydrogen-bond donors (Lipinski definition) is 1. The summed E-state index contributed by atoms with van der Waals surface area (Å²) in [4.78, 5) is 18.5. The Hall–Kier alpha value is -2.14. The molecule has 26 heavy (non-hydrogen) atoms. The van der Waals surface area contributed by atoms with Gasteiger partial charge in [-0.3, -0.25) is 9.69 Å². The average Bonchev–Trinajstić information content (AvgIpc) is 3.35. The van der Waals surface area contributed by atoms with E-state index in [0.717, 1.165) is 13.1 Å². The fourth-order valence-electron chi connectivity index (χ4n) is 4.78. The Bertz CT molecular complexity index is 779.